The second kappa shape index (κ2) is 14.7. The lowest BCUT2D eigenvalue weighted by atomic mass is 9.89. The Labute approximate surface area is 322 Å². The average molecular weight is 756 g/mol. The van der Waals surface area contributed by atoms with Crippen LogP contribution in [-0.4, -0.2) is 58.7 Å². The maximum atomic E-state index is 13.7. The van der Waals surface area contributed by atoms with Crippen LogP contribution in [0.3, 0.4) is 0 Å². The van der Waals surface area contributed by atoms with Gasteiger partial charge in [0.25, 0.3) is 5.56 Å². The zero-order chi connectivity index (χ0) is 39.1. The summed E-state index contributed by atoms with van der Waals surface area (Å²) in [7, 11) is 0. The van der Waals surface area contributed by atoms with E-state index < -0.39 is 41.6 Å². The largest absolute Gasteiger partial charge is 0.457 e. The van der Waals surface area contributed by atoms with Gasteiger partial charge in [0, 0.05) is 29.0 Å². The number of alkyl carbamates (subject to hydrolysis) is 1. The highest BCUT2D eigenvalue weighted by atomic mass is 16.6. The first kappa shape index (κ1) is 36.6. The SMILES string of the molecule is C[C@H](NC(=O)C(N)CCCCNC(=O)OCC1c2ccccc2-c2ccccc21)C(=O)O[C@]1(C)C(=O)OCc2c1cc1n(c2=O)Cc2cc3ccccc3nc2-1. The fraction of sp³-hybridized carbons (Fsp3) is 0.302. The number of unbranched alkanes of at least 4 members (excludes halogenated alkanes) is 1. The van der Waals surface area contributed by atoms with Crippen molar-refractivity contribution in [1.29, 1.82) is 0 Å². The van der Waals surface area contributed by atoms with Crippen LogP contribution in [0.2, 0.25) is 0 Å². The van der Waals surface area contributed by atoms with E-state index in [4.69, 9.17) is 24.9 Å². The molecule has 4 heterocycles. The molecule has 3 aromatic carbocycles. The van der Waals surface area contributed by atoms with Crippen molar-refractivity contribution in [3.8, 4) is 22.5 Å². The zero-order valence-corrected chi connectivity index (χ0v) is 31.0. The molecule has 0 saturated carbocycles. The van der Waals surface area contributed by atoms with Gasteiger partial charge < -0.3 is 35.1 Å². The van der Waals surface area contributed by atoms with Crippen molar-refractivity contribution >= 4 is 34.8 Å². The molecule has 2 aromatic heterocycles. The van der Waals surface area contributed by atoms with Crippen LogP contribution in [-0.2, 0) is 47.3 Å². The standard InChI is InChI=1S/C43H41N5O8/c1-24(46-38(49)34(44)16-9-10-18-45-42(53)55-22-31-29-14-6-4-12-27(29)28-13-5-7-15-30(28)31)40(51)56-43(2)33-20-36-37-26(19-25-11-3-8-17-35(25)47-37)21-48(36)39(50)32(33)23-54-41(43)52/h3-8,11-15,17,19-20,24,31,34H,9-10,16,18,21-23,44H2,1-2H3,(H,45,53)(H,46,49)/t24-,34?,43-/m0/s1. The maximum absolute atomic E-state index is 13.7. The van der Waals surface area contributed by atoms with Gasteiger partial charge in [0.1, 0.15) is 19.3 Å². The van der Waals surface area contributed by atoms with E-state index in [-0.39, 0.29) is 42.2 Å². The number of fused-ring (bicyclic) bond motifs is 8. The minimum atomic E-state index is -1.96. The number of carbonyl (C=O) groups is 4. The summed E-state index contributed by atoms with van der Waals surface area (Å²) in [5.41, 5.74) is 11.5. The summed E-state index contributed by atoms with van der Waals surface area (Å²) in [5.74, 6) is -2.37. The van der Waals surface area contributed by atoms with E-state index in [0.717, 1.165) is 38.7 Å². The highest BCUT2D eigenvalue weighted by Gasteiger charge is 2.48. The molecular formula is C43H41N5O8. The number of ether oxygens (including phenoxy) is 3. The fourth-order valence-corrected chi connectivity index (χ4v) is 7.89. The van der Waals surface area contributed by atoms with E-state index in [1.165, 1.54) is 13.8 Å². The van der Waals surface area contributed by atoms with E-state index in [9.17, 15) is 24.0 Å². The van der Waals surface area contributed by atoms with Crippen molar-refractivity contribution in [3.05, 3.63) is 123 Å². The van der Waals surface area contributed by atoms with Gasteiger partial charge in [-0.25, -0.2) is 19.4 Å². The van der Waals surface area contributed by atoms with Gasteiger partial charge in [-0.05, 0) is 73.6 Å². The number of pyridine rings is 2. The molecule has 8 rings (SSSR count). The molecule has 13 heteroatoms. The van der Waals surface area contributed by atoms with Crippen LogP contribution >= 0.6 is 0 Å². The molecule has 3 atom stereocenters. The lowest BCUT2D eigenvalue weighted by Gasteiger charge is -2.34. The third-order valence-electron chi connectivity index (χ3n) is 10.9. The number of esters is 2. The molecule has 0 saturated heterocycles. The maximum Gasteiger partial charge on any atom is 0.407 e. The Kier molecular flexibility index (Phi) is 9.63. The van der Waals surface area contributed by atoms with Crippen LogP contribution in [0.15, 0.2) is 89.7 Å². The van der Waals surface area contributed by atoms with Crippen molar-refractivity contribution in [2.24, 2.45) is 5.73 Å². The van der Waals surface area contributed by atoms with Crippen molar-refractivity contribution in [1.82, 2.24) is 20.2 Å². The number of para-hydroxylation sites is 1. The monoisotopic (exact) mass is 755 g/mol. The summed E-state index contributed by atoms with van der Waals surface area (Å²) in [6.45, 7) is 3.37. The Bertz CT molecular complexity index is 2430. The highest BCUT2D eigenvalue weighted by molar-refractivity contribution is 5.91. The molecule has 2 amide bonds. The second-order valence-corrected chi connectivity index (χ2v) is 14.6. The predicted octanol–water partition coefficient (Wildman–Crippen LogP) is 4.78. The molecule has 286 valence electrons. The Morgan fingerprint density at radius 2 is 1.68 bits per heavy atom. The number of carbonyl (C=O) groups excluding carboxylic acids is 4. The Hall–Kier alpha value is -6.34. The van der Waals surface area contributed by atoms with Crippen LogP contribution in [0, 0.1) is 0 Å². The van der Waals surface area contributed by atoms with Crippen LogP contribution in [0.5, 0.6) is 0 Å². The number of nitrogens with zero attached hydrogens (tertiary/aromatic N) is 2. The zero-order valence-electron chi connectivity index (χ0n) is 31.0. The van der Waals surface area contributed by atoms with Gasteiger partial charge in [-0.3, -0.25) is 9.59 Å². The summed E-state index contributed by atoms with van der Waals surface area (Å²) >= 11 is 0. The summed E-state index contributed by atoms with van der Waals surface area (Å²) in [5, 5.41) is 6.27. The number of amides is 2. The summed E-state index contributed by atoms with van der Waals surface area (Å²) in [4.78, 5) is 70.6. The number of cyclic esters (lactones) is 1. The van der Waals surface area contributed by atoms with Gasteiger partial charge in [0.05, 0.1) is 35.1 Å². The molecule has 1 aliphatic carbocycles. The molecule has 3 aliphatic rings. The fourth-order valence-electron chi connectivity index (χ4n) is 7.89. The van der Waals surface area contributed by atoms with Crippen LogP contribution in [0.1, 0.15) is 66.8 Å². The lowest BCUT2D eigenvalue weighted by Crippen LogP contribution is -2.51. The first-order valence-corrected chi connectivity index (χ1v) is 18.7. The number of hydrogen-bond donors (Lipinski definition) is 3. The second-order valence-electron chi connectivity index (χ2n) is 14.6. The van der Waals surface area contributed by atoms with E-state index in [0.29, 0.717) is 37.3 Å². The number of hydrogen-bond acceptors (Lipinski definition) is 10. The third kappa shape index (κ3) is 6.57. The average Bonchev–Trinajstić information content (AvgIpc) is 3.72. The molecule has 56 heavy (non-hydrogen) atoms. The van der Waals surface area contributed by atoms with E-state index in [2.05, 4.69) is 34.9 Å². The van der Waals surface area contributed by atoms with E-state index in [1.807, 2.05) is 54.6 Å². The topological polar surface area (TPSA) is 181 Å². The van der Waals surface area contributed by atoms with Crippen LogP contribution in [0.25, 0.3) is 33.4 Å². The first-order chi connectivity index (χ1) is 27.0. The van der Waals surface area contributed by atoms with Crippen molar-refractivity contribution < 1.29 is 33.4 Å². The smallest absolute Gasteiger partial charge is 0.407 e. The minimum absolute atomic E-state index is 0.0398. The molecule has 1 unspecified atom stereocenters. The summed E-state index contributed by atoms with van der Waals surface area (Å²) in [6, 6.07) is 25.4. The molecule has 4 N–H and O–H groups in total. The number of nitrogens with two attached hydrogens (primary N) is 1. The van der Waals surface area contributed by atoms with Crippen molar-refractivity contribution in [2.45, 2.75) is 69.9 Å². The van der Waals surface area contributed by atoms with Crippen LogP contribution < -0.4 is 21.9 Å². The number of aromatic nitrogens is 2. The van der Waals surface area contributed by atoms with Gasteiger partial charge in [-0.1, -0.05) is 66.7 Å². The molecular weight excluding hydrogens is 714 g/mol. The van der Waals surface area contributed by atoms with Crippen molar-refractivity contribution in [3.63, 3.8) is 0 Å². The lowest BCUT2D eigenvalue weighted by molar-refractivity contribution is -0.187. The van der Waals surface area contributed by atoms with Gasteiger partial charge in [-0.2, -0.15) is 0 Å². The highest BCUT2D eigenvalue weighted by Crippen LogP contribution is 2.44. The predicted molar refractivity (Wildman–Crippen MR) is 206 cm³/mol. The molecule has 13 nitrogen and oxygen atoms in total. The quantitative estimate of drug-likeness (QED) is 0.0946. The minimum Gasteiger partial charge on any atom is -0.457 e. The molecule has 0 fully saturated rings. The number of benzene rings is 3. The van der Waals surface area contributed by atoms with Gasteiger partial charge in [0.2, 0.25) is 11.5 Å². The third-order valence-corrected chi connectivity index (χ3v) is 10.9. The van der Waals surface area contributed by atoms with Crippen LogP contribution in [0.4, 0.5) is 4.79 Å². The first-order valence-electron chi connectivity index (χ1n) is 18.7. The molecule has 0 spiro atoms. The number of nitrogens with one attached hydrogen (secondary N) is 2. The summed E-state index contributed by atoms with van der Waals surface area (Å²) in [6.07, 6.45) is 0.828. The molecule has 0 bridgehead atoms. The Balaban J connectivity index is 0.826. The Morgan fingerprint density at radius 3 is 2.43 bits per heavy atom. The van der Waals surface area contributed by atoms with Gasteiger partial charge in [0.15, 0.2) is 0 Å². The molecule has 5 aromatic rings. The van der Waals surface area contributed by atoms with Gasteiger partial charge >= 0.3 is 18.0 Å². The summed E-state index contributed by atoms with van der Waals surface area (Å²) < 4.78 is 18.3. The van der Waals surface area contributed by atoms with Crippen molar-refractivity contribution in [2.75, 3.05) is 13.2 Å². The van der Waals surface area contributed by atoms with E-state index >= 15 is 0 Å². The molecule has 2 aliphatic heterocycles. The Morgan fingerprint density at radius 1 is 0.982 bits per heavy atom. The number of rotatable bonds is 11. The van der Waals surface area contributed by atoms with E-state index in [1.54, 1.807) is 10.6 Å². The van der Waals surface area contributed by atoms with Gasteiger partial charge in [-0.15, -0.1) is 0 Å². The normalized spacial score (nSPS) is 17.4. The molecule has 0 radical (unpaired) electrons.